The number of carbonyl (C=O) groups is 1. The van der Waals surface area contributed by atoms with E-state index < -0.39 is 0 Å². The molecule has 9 heteroatoms. The second kappa shape index (κ2) is 9.53. The number of ether oxygens (including phenoxy) is 1. The molecule has 0 radical (unpaired) electrons. The van der Waals surface area contributed by atoms with Gasteiger partial charge in [0.25, 0.3) is 0 Å². The van der Waals surface area contributed by atoms with Crippen LogP contribution in [0.2, 0.25) is 0 Å². The van der Waals surface area contributed by atoms with E-state index in [0.29, 0.717) is 30.9 Å². The molecule has 4 rings (SSSR count). The van der Waals surface area contributed by atoms with Crippen LogP contribution in [0.1, 0.15) is 44.5 Å². The van der Waals surface area contributed by atoms with Gasteiger partial charge in [0.1, 0.15) is 5.82 Å². The maximum atomic E-state index is 11.6. The van der Waals surface area contributed by atoms with E-state index >= 15 is 0 Å². The van der Waals surface area contributed by atoms with E-state index in [-0.39, 0.29) is 11.9 Å². The normalized spacial score (nSPS) is 20.6. The smallest absolute Gasteiger partial charge is 0.244 e. The van der Waals surface area contributed by atoms with Crippen LogP contribution in [0.5, 0.6) is 0 Å². The number of likely N-dealkylation sites (tertiary alicyclic amines) is 2. The topological polar surface area (TPSA) is 96.6 Å². The van der Waals surface area contributed by atoms with E-state index in [1.54, 1.807) is 20.2 Å². The molecule has 0 aliphatic carbocycles. The highest BCUT2D eigenvalue weighted by atomic mass is 16.5. The zero-order valence-corrected chi connectivity index (χ0v) is 17.7. The van der Waals surface area contributed by atoms with E-state index in [1.165, 1.54) is 0 Å². The molecule has 1 amide bonds. The van der Waals surface area contributed by atoms with Crippen LogP contribution in [0.15, 0.2) is 22.9 Å². The van der Waals surface area contributed by atoms with E-state index in [4.69, 9.17) is 14.2 Å². The number of piperidine rings is 1. The lowest BCUT2D eigenvalue weighted by Crippen LogP contribution is -2.46. The maximum Gasteiger partial charge on any atom is 0.244 e. The summed E-state index contributed by atoms with van der Waals surface area (Å²) in [5, 5.41) is 7.40. The Morgan fingerprint density at radius 1 is 1.27 bits per heavy atom. The Labute approximate surface area is 176 Å². The van der Waals surface area contributed by atoms with Crippen molar-refractivity contribution in [3.8, 4) is 11.4 Å². The summed E-state index contributed by atoms with van der Waals surface area (Å²) in [4.78, 5) is 25.1. The highest BCUT2D eigenvalue weighted by molar-refractivity contribution is 5.73. The lowest BCUT2D eigenvalue weighted by atomic mass is 10.0. The Kier molecular flexibility index (Phi) is 6.59. The van der Waals surface area contributed by atoms with Crippen molar-refractivity contribution >= 4 is 11.7 Å². The molecule has 2 aromatic rings. The molecule has 1 unspecified atom stereocenters. The van der Waals surface area contributed by atoms with Crippen molar-refractivity contribution in [3.05, 3.63) is 24.2 Å². The first-order chi connectivity index (χ1) is 14.7. The predicted octanol–water partition coefficient (Wildman–Crippen LogP) is 2.34. The molecule has 30 heavy (non-hydrogen) atoms. The second-order valence-corrected chi connectivity index (χ2v) is 7.94. The van der Waals surface area contributed by atoms with E-state index in [9.17, 15) is 4.79 Å². The molecule has 1 N–H and O–H groups in total. The number of methoxy groups -OCH3 is 1. The molecule has 2 saturated heterocycles. The molecule has 0 spiro atoms. The molecule has 2 aliphatic rings. The van der Waals surface area contributed by atoms with Gasteiger partial charge in [-0.05, 0) is 44.4 Å². The molecule has 0 bridgehead atoms. The number of hydrogen-bond donors (Lipinski definition) is 1. The van der Waals surface area contributed by atoms with E-state index in [0.717, 1.165) is 56.7 Å². The third kappa shape index (κ3) is 4.62. The van der Waals surface area contributed by atoms with Crippen molar-refractivity contribution in [2.45, 2.75) is 44.7 Å². The number of amides is 1. The number of anilines is 1. The first-order valence-electron chi connectivity index (χ1n) is 10.7. The molecule has 0 aromatic carbocycles. The van der Waals surface area contributed by atoms with Crippen molar-refractivity contribution in [2.75, 3.05) is 45.2 Å². The van der Waals surface area contributed by atoms with Gasteiger partial charge in [0.05, 0.1) is 12.6 Å². The molecule has 9 nitrogen and oxygen atoms in total. The molecule has 162 valence electrons. The third-order valence-electron chi connectivity index (χ3n) is 6.03. The third-order valence-corrected chi connectivity index (χ3v) is 6.03. The fraction of sp³-hybridized carbons (Fsp3) is 0.619. The largest absolute Gasteiger partial charge is 0.383 e. The Hall–Kier alpha value is -2.52. The number of pyridine rings is 1. The van der Waals surface area contributed by atoms with Gasteiger partial charge in [-0.1, -0.05) is 5.16 Å². The highest BCUT2D eigenvalue weighted by Crippen LogP contribution is 2.36. The summed E-state index contributed by atoms with van der Waals surface area (Å²) in [5.41, 5.74) is 0.835. The van der Waals surface area contributed by atoms with Gasteiger partial charge in [0.2, 0.25) is 17.6 Å². The quantitative estimate of drug-likeness (QED) is 0.690. The van der Waals surface area contributed by atoms with Crippen LogP contribution >= 0.6 is 0 Å². The maximum absolute atomic E-state index is 11.6. The fourth-order valence-electron chi connectivity index (χ4n) is 4.40. The molecule has 0 saturated carbocycles. The first kappa shape index (κ1) is 20.7. The van der Waals surface area contributed by atoms with Crippen LogP contribution < -0.4 is 5.32 Å². The average Bonchev–Trinajstić information content (AvgIpc) is 3.44. The van der Waals surface area contributed by atoms with Crippen LogP contribution in [-0.4, -0.2) is 76.8 Å². The lowest BCUT2D eigenvalue weighted by molar-refractivity contribution is -0.130. The standard InChI is InChI=1S/C21H30N6O3/c1-15(28)26-11-7-17(8-12-26)27-10-3-4-18(27)21-24-20(25-30-21)16-5-6-19(23-14-16)22-9-13-29-2/h5-6,14,17-18H,3-4,7-13H2,1-2H3,(H,22,23). The SMILES string of the molecule is COCCNc1ccc(-c2noc(C3CCCN3C3CCN(C(C)=O)CC3)n2)cn1. The lowest BCUT2D eigenvalue weighted by Gasteiger charge is -2.38. The zero-order chi connectivity index (χ0) is 20.9. The monoisotopic (exact) mass is 414 g/mol. The number of carbonyl (C=O) groups excluding carboxylic acids is 1. The van der Waals surface area contributed by atoms with Gasteiger partial charge >= 0.3 is 0 Å². The van der Waals surface area contributed by atoms with Crippen LogP contribution in [0.3, 0.4) is 0 Å². The van der Waals surface area contributed by atoms with Crippen molar-refractivity contribution < 1.29 is 14.1 Å². The van der Waals surface area contributed by atoms with Crippen molar-refractivity contribution in [3.63, 3.8) is 0 Å². The van der Waals surface area contributed by atoms with Crippen LogP contribution in [0.25, 0.3) is 11.4 Å². The Morgan fingerprint density at radius 2 is 2.10 bits per heavy atom. The van der Waals surface area contributed by atoms with E-state index in [1.807, 2.05) is 17.0 Å². The molecule has 4 heterocycles. The average molecular weight is 415 g/mol. The number of nitrogens with zero attached hydrogens (tertiary/aromatic N) is 5. The molecule has 1 atom stereocenters. The molecular weight excluding hydrogens is 384 g/mol. The van der Waals surface area contributed by atoms with Crippen molar-refractivity contribution in [2.24, 2.45) is 0 Å². The minimum absolute atomic E-state index is 0.156. The van der Waals surface area contributed by atoms with Crippen LogP contribution in [0, 0.1) is 0 Å². The second-order valence-electron chi connectivity index (χ2n) is 7.94. The summed E-state index contributed by atoms with van der Waals surface area (Å²) in [6.45, 7) is 5.68. The van der Waals surface area contributed by atoms with Gasteiger partial charge in [0, 0.05) is 51.5 Å². The Balaban J connectivity index is 1.40. The summed E-state index contributed by atoms with van der Waals surface area (Å²) < 4.78 is 10.7. The van der Waals surface area contributed by atoms with Crippen molar-refractivity contribution in [1.82, 2.24) is 24.9 Å². The fourth-order valence-corrected chi connectivity index (χ4v) is 4.40. The minimum atomic E-state index is 0.156. The summed E-state index contributed by atoms with van der Waals surface area (Å²) in [6.07, 6.45) is 5.90. The highest BCUT2D eigenvalue weighted by Gasteiger charge is 2.37. The molecule has 2 fully saturated rings. The number of nitrogens with one attached hydrogen (secondary N) is 1. The van der Waals surface area contributed by atoms with Gasteiger partial charge in [0.15, 0.2) is 0 Å². The molecule has 2 aliphatic heterocycles. The van der Waals surface area contributed by atoms with Gasteiger partial charge in [-0.2, -0.15) is 4.98 Å². The van der Waals surface area contributed by atoms with E-state index in [2.05, 4.69) is 20.4 Å². The van der Waals surface area contributed by atoms with Crippen LogP contribution in [-0.2, 0) is 9.53 Å². The van der Waals surface area contributed by atoms with Gasteiger partial charge in [-0.25, -0.2) is 4.98 Å². The predicted molar refractivity (Wildman–Crippen MR) is 112 cm³/mol. The molecule has 2 aromatic heterocycles. The Morgan fingerprint density at radius 3 is 2.80 bits per heavy atom. The summed E-state index contributed by atoms with van der Waals surface area (Å²) in [5.74, 6) is 2.21. The van der Waals surface area contributed by atoms with Crippen LogP contribution in [0.4, 0.5) is 5.82 Å². The summed E-state index contributed by atoms with van der Waals surface area (Å²) in [6, 6.07) is 4.47. The molecular formula is C21H30N6O3. The Bertz CT molecular complexity index is 832. The first-order valence-corrected chi connectivity index (χ1v) is 10.7. The number of aromatic nitrogens is 3. The van der Waals surface area contributed by atoms with Gasteiger partial charge in [-0.3, -0.25) is 9.69 Å². The number of hydrogen-bond acceptors (Lipinski definition) is 8. The summed E-state index contributed by atoms with van der Waals surface area (Å²) >= 11 is 0. The minimum Gasteiger partial charge on any atom is -0.383 e. The van der Waals surface area contributed by atoms with Gasteiger partial charge in [-0.15, -0.1) is 0 Å². The number of rotatable bonds is 7. The summed E-state index contributed by atoms with van der Waals surface area (Å²) in [7, 11) is 1.67. The zero-order valence-electron chi connectivity index (χ0n) is 17.7. The van der Waals surface area contributed by atoms with Gasteiger partial charge < -0.3 is 19.5 Å². The van der Waals surface area contributed by atoms with Crippen molar-refractivity contribution in [1.29, 1.82) is 0 Å².